The van der Waals surface area contributed by atoms with Gasteiger partial charge in [-0.2, -0.15) is 0 Å². The normalized spacial score (nSPS) is 15.1. The number of anilines is 4. The van der Waals surface area contributed by atoms with Gasteiger partial charge in [0.1, 0.15) is 11.6 Å². The first-order chi connectivity index (χ1) is 19.7. The number of hydrogen-bond donors (Lipinski definition) is 2. The van der Waals surface area contributed by atoms with Crippen molar-refractivity contribution in [3.63, 3.8) is 0 Å². The summed E-state index contributed by atoms with van der Waals surface area (Å²) in [4.78, 5) is 38.7. The molecule has 0 aliphatic carbocycles. The number of nitrogens with zero attached hydrogens (tertiary/aromatic N) is 5. The molecule has 2 aromatic carbocycles. The summed E-state index contributed by atoms with van der Waals surface area (Å²) < 4.78 is 21.2. The Kier molecular flexibility index (Phi) is 7.71. The largest absolute Gasteiger partial charge is 0.494 e. The predicted octanol–water partition coefficient (Wildman–Crippen LogP) is 4.15. The molecule has 0 bridgehead atoms. The number of halogens is 1. The van der Waals surface area contributed by atoms with E-state index in [2.05, 4.69) is 44.0 Å². The molecule has 0 spiro atoms. The van der Waals surface area contributed by atoms with Gasteiger partial charge in [-0.15, -0.1) is 0 Å². The summed E-state index contributed by atoms with van der Waals surface area (Å²) in [5, 5.41) is 6.38. The summed E-state index contributed by atoms with van der Waals surface area (Å²) >= 11 is 0. The number of carbonyl (C=O) groups excluding carboxylic acids is 1. The lowest BCUT2D eigenvalue weighted by Gasteiger charge is -2.29. The zero-order valence-electron chi connectivity index (χ0n) is 23.4. The van der Waals surface area contributed by atoms with Gasteiger partial charge in [-0.3, -0.25) is 9.59 Å². The van der Waals surface area contributed by atoms with E-state index in [0.717, 1.165) is 25.2 Å². The van der Waals surface area contributed by atoms with Gasteiger partial charge in [-0.05, 0) is 49.9 Å². The summed E-state index contributed by atoms with van der Waals surface area (Å²) in [6.07, 6.45) is 5.28. The maximum absolute atomic E-state index is 14.1. The molecule has 1 saturated heterocycles. The number of ether oxygens (including phenoxy) is 1. The van der Waals surface area contributed by atoms with Gasteiger partial charge in [0.25, 0.3) is 5.56 Å². The highest BCUT2D eigenvalue weighted by atomic mass is 19.1. The van der Waals surface area contributed by atoms with Gasteiger partial charge in [0, 0.05) is 50.7 Å². The molecule has 1 amide bonds. The van der Waals surface area contributed by atoms with Gasteiger partial charge in [-0.1, -0.05) is 18.7 Å². The highest BCUT2D eigenvalue weighted by Gasteiger charge is 2.26. The first kappa shape index (κ1) is 27.8. The van der Waals surface area contributed by atoms with Crippen molar-refractivity contribution in [2.24, 2.45) is 7.05 Å². The topological polar surface area (TPSA) is 105 Å². The van der Waals surface area contributed by atoms with Crippen LogP contribution in [-0.2, 0) is 11.8 Å². The summed E-state index contributed by atoms with van der Waals surface area (Å²) in [7, 11) is 7.27. The zero-order chi connectivity index (χ0) is 29.3. The van der Waals surface area contributed by atoms with E-state index in [9.17, 15) is 14.0 Å². The number of likely N-dealkylation sites (tertiary alicyclic amines) is 1. The number of carbonyl (C=O) groups is 1. The fourth-order valence-corrected chi connectivity index (χ4v) is 5.13. The summed E-state index contributed by atoms with van der Waals surface area (Å²) in [6.45, 7) is 5.46. The number of hydrogen-bond acceptors (Lipinski definition) is 8. The molecule has 1 aliphatic rings. The van der Waals surface area contributed by atoms with E-state index in [1.807, 2.05) is 13.1 Å². The predicted molar refractivity (Wildman–Crippen MR) is 160 cm³/mol. The number of aromatic nitrogens is 3. The second-order valence-corrected chi connectivity index (χ2v) is 10.1. The third-order valence-corrected chi connectivity index (χ3v) is 7.35. The Labute approximate surface area is 237 Å². The molecule has 11 heteroatoms. The Hall–Kier alpha value is -4.77. The molecular formula is C30H32FN7O3. The maximum Gasteiger partial charge on any atom is 0.261 e. The molecule has 0 saturated carbocycles. The van der Waals surface area contributed by atoms with Crippen LogP contribution in [0.3, 0.4) is 0 Å². The van der Waals surface area contributed by atoms with E-state index in [1.165, 1.54) is 29.0 Å². The number of amides is 1. The fraction of sp³-hybridized carbons (Fsp3) is 0.267. The van der Waals surface area contributed by atoms with Crippen molar-refractivity contribution in [1.29, 1.82) is 0 Å². The Morgan fingerprint density at radius 2 is 2.05 bits per heavy atom. The van der Waals surface area contributed by atoms with Crippen molar-refractivity contribution >= 4 is 39.8 Å². The van der Waals surface area contributed by atoms with Gasteiger partial charge < -0.3 is 29.7 Å². The summed E-state index contributed by atoms with van der Waals surface area (Å²) in [5.74, 6) is -0.0454. The Bertz CT molecular complexity index is 1700. The quantitative estimate of drug-likeness (QED) is 0.312. The number of pyridine rings is 1. The third kappa shape index (κ3) is 5.62. The second-order valence-electron chi connectivity index (χ2n) is 10.1. The molecule has 10 nitrogen and oxygen atoms in total. The van der Waals surface area contributed by atoms with Gasteiger partial charge >= 0.3 is 0 Å². The number of benzene rings is 2. The maximum atomic E-state index is 14.1. The van der Waals surface area contributed by atoms with E-state index < -0.39 is 5.82 Å². The average molecular weight is 558 g/mol. The third-order valence-electron chi connectivity index (χ3n) is 7.35. The summed E-state index contributed by atoms with van der Waals surface area (Å²) in [6, 6.07) is 9.99. The van der Waals surface area contributed by atoms with Crippen LogP contribution in [0.1, 0.15) is 6.42 Å². The smallest absolute Gasteiger partial charge is 0.261 e. The van der Waals surface area contributed by atoms with Crippen LogP contribution in [0.5, 0.6) is 5.75 Å². The van der Waals surface area contributed by atoms with Gasteiger partial charge in [-0.25, -0.2) is 14.4 Å². The molecular weight excluding hydrogens is 525 g/mol. The highest BCUT2D eigenvalue weighted by molar-refractivity contribution is 6.02. The minimum atomic E-state index is -0.398. The molecule has 2 aromatic heterocycles. The van der Waals surface area contributed by atoms with Crippen molar-refractivity contribution < 1.29 is 13.9 Å². The minimum absolute atomic E-state index is 0.196. The standard InChI is InChI=1S/C30H32FN7O3/c1-6-27(39)33-23-13-24(26(41-5)14-25(23)38(4)20-10-11-36(2)16-20)34-30-32-15-21-28(35-30)22(17-37(3)29(21)40)18-8-7-9-19(31)12-18/h6-9,12-15,17,20H,1,10-11,16H2,2-5H3,(H,33,39)(H,32,34,35). The first-order valence-electron chi connectivity index (χ1n) is 13.1. The molecule has 1 atom stereocenters. The van der Waals surface area contributed by atoms with Crippen LogP contribution in [0.15, 0.2) is 66.2 Å². The second kappa shape index (κ2) is 11.4. The van der Waals surface area contributed by atoms with Gasteiger partial charge in [0.05, 0.1) is 35.1 Å². The number of methoxy groups -OCH3 is 1. The van der Waals surface area contributed by atoms with Crippen molar-refractivity contribution in [2.75, 3.05) is 49.8 Å². The average Bonchev–Trinajstić information content (AvgIpc) is 3.40. The molecule has 4 aromatic rings. The lowest BCUT2D eigenvalue weighted by molar-refractivity contribution is -0.111. The van der Waals surface area contributed by atoms with Crippen LogP contribution in [-0.4, -0.2) is 65.7 Å². The van der Waals surface area contributed by atoms with Crippen LogP contribution in [0.2, 0.25) is 0 Å². The molecule has 3 heterocycles. The molecule has 5 rings (SSSR count). The number of rotatable bonds is 8. The van der Waals surface area contributed by atoms with E-state index >= 15 is 0 Å². The van der Waals surface area contributed by atoms with Crippen molar-refractivity contribution in [2.45, 2.75) is 12.5 Å². The molecule has 212 valence electrons. The van der Waals surface area contributed by atoms with Crippen molar-refractivity contribution in [3.05, 3.63) is 77.6 Å². The lowest BCUT2D eigenvalue weighted by atomic mass is 10.0. The number of nitrogens with one attached hydrogen (secondary N) is 2. The van der Waals surface area contributed by atoms with Gasteiger partial charge in [0.2, 0.25) is 11.9 Å². The van der Waals surface area contributed by atoms with Crippen LogP contribution in [0.4, 0.5) is 27.4 Å². The Morgan fingerprint density at radius 3 is 2.73 bits per heavy atom. The molecule has 2 N–H and O–H groups in total. The number of likely N-dealkylation sites (N-methyl/N-ethyl adjacent to an activating group) is 2. The SMILES string of the molecule is C=CC(=O)Nc1cc(Nc2ncc3c(=O)n(C)cc(-c4cccc(F)c4)c3n2)c(OC)cc1N(C)C1CCN(C)C1. The number of aryl methyl sites for hydroxylation is 1. The van der Waals surface area contributed by atoms with Crippen LogP contribution in [0.25, 0.3) is 22.0 Å². The highest BCUT2D eigenvalue weighted by Crippen LogP contribution is 2.39. The molecule has 1 fully saturated rings. The molecule has 1 unspecified atom stereocenters. The van der Waals surface area contributed by atoms with Crippen LogP contribution >= 0.6 is 0 Å². The van der Waals surface area contributed by atoms with E-state index in [1.54, 1.807) is 38.6 Å². The van der Waals surface area contributed by atoms with E-state index in [4.69, 9.17) is 4.74 Å². The van der Waals surface area contributed by atoms with Crippen molar-refractivity contribution in [3.8, 4) is 16.9 Å². The fourth-order valence-electron chi connectivity index (χ4n) is 5.13. The van der Waals surface area contributed by atoms with E-state index in [-0.39, 0.29) is 23.5 Å². The Morgan fingerprint density at radius 1 is 1.24 bits per heavy atom. The number of fused-ring (bicyclic) bond motifs is 1. The molecule has 0 radical (unpaired) electrons. The van der Waals surface area contributed by atoms with E-state index in [0.29, 0.717) is 39.2 Å². The minimum Gasteiger partial charge on any atom is -0.494 e. The zero-order valence-corrected chi connectivity index (χ0v) is 23.4. The first-order valence-corrected chi connectivity index (χ1v) is 13.1. The lowest BCUT2D eigenvalue weighted by Crippen LogP contribution is -2.34. The van der Waals surface area contributed by atoms with Crippen molar-refractivity contribution in [1.82, 2.24) is 19.4 Å². The molecule has 1 aliphatic heterocycles. The molecule has 41 heavy (non-hydrogen) atoms. The summed E-state index contributed by atoms with van der Waals surface area (Å²) in [5.41, 5.74) is 3.11. The van der Waals surface area contributed by atoms with Gasteiger partial charge in [0.15, 0.2) is 0 Å². The monoisotopic (exact) mass is 557 g/mol. The van der Waals surface area contributed by atoms with Crippen LogP contribution in [0, 0.1) is 5.82 Å². The Balaban J connectivity index is 1.59. The van der Waals surface area contributed by atoms with Crippen LogP contribution < -0.4 is 25.8 Å².